The number of benzene rings is 1. The van der Waals surface area contributed by atoms with Crippen LogP contribution in [-0.4, -0.2) is 57.7 Å². The molecule has 0 spiro atoms. The van der Waals surface area contributed by atoms with E-state index >= 15 is 0 Å². The van der Waals surface area contributed by atoms with Crippen LogP contribution in [0.2, 0.25) is 0 Å². The third kappa shape index (κ3) is 5.12. The molecule has 1 heterocycles. The first-order valence-corrected chi connectivity index (χ1v) is 9.56. The first kappa shape index (κ1) is 22.8. The molecule has 1 aromatic rings. The molecule has 1 fully saturated rings. The minimum Gasteiger partial charge on any atom is -0.348 e. The summed E-state index contributed by atoms with van der Waals surface area (Å²) in [5.74, 6) is -2.75. The van der Waals surface area contributed by atoms with Crippen molar-refractivity contribution in [3.05, 3.63) is 35.4 Å². The summed E-state index contributed by atoms with van der Waals surface area (Å²) in [5.41, 5.74) is 0.527. The maximum atomic E-state index is 13.5. The SMILES string of the molecule is CC(C(=O)N(C)C)S(=O)(=O)NC1CNCCC1c1ccc(F)c(F)c1.Cl. The van der Waals surface area contributed by atoms with Crippen molar-refractivity contribution >= 4 is 28.3 Å². The fraction of sp³-hybridized carbons (Fsp3) is 0.562. The quantitative estimate of drug-likeness (QED) is 0.763. The summed E-state index contributed by atoms with van der Waals surface area (Å²) in [6.45, 7) is 2.30. The van der Waals surface area contributed by atoms with Crippen molar-refractivity contribution in [1.29, 1.82) is 0 Å². The lowest BCUT2D eigenvalue weighted by Gasteiger charge is -2.33. The molecule has 0 radical (unpaired) electrons. The maximum Gasteiger partial charge on any atom is 0.241 e. The molecular weight excluding hydrogens is 388 g/mol. The Morgan fingerprint density at radius 2 is 1.96 bits per heavy atom. The molecule has 26 heavy (non-hydrogen) atoms. The van der Waals surface area contributed by atoms with Gasteiger partial charge in [-0.15, -0.1) is 12.4 Å². The summed E-state index contributed by atoms with van der Waals surface area (Å²) < 4.78 is 54.3. The molecule has 0 saturated carbocycles. The van der Waals surface area contributed by atoms with Gasteiger partial charge in [0, 0.05) is 32.6 Å². The number of hydrogen-bond acceptors (Lipinski definition) is 4. The normalized spacial score (nSPS) is 21.6. The van der Waals surface area contributed by atoms with Gasteiger partial charge in [-0.3, -0.25) is 4.79 Å². The first-order chi connectivity index (χ1) is 11.6. The van der Waals surface area contributed by atoms with Crippen LogP contribution in [-0.2, 0) is 14.8 Å². The molecule has 2 rings (SSSR count). The standard InChI is InChI=1S/C16H23F2N3O3S.ClH/c1-10(16(22)21(2)3)25(23,24)20-15-9-19-7-6-12(15)11-4-5-13(17)14(18)8-11;/h4-5,8,10,12,15,19-20H,6-7,9H2,1-3H3;1H. The predicted octanol–water partition coefficient (Wildman–Crippen LogP) is 1.23. The molecule has 2 N–H and O–H groups in total. The van der Waals surface area contributed by atoms with Crippen molar-refractivity contribution in [2.24, 2.45) is 0 Å². The topological polar surface area (TPSA) is 78.5 Å². The molecule has 3 unspecified atom stereocenters. The van der Waals surface area contributed by atoms with Crippen LogP contribution in [0.3, 0.4) is 0 Å². The van der Waals surface area contributed by atoms with E-state index < -0.39 is 38.9 Å². The number of amides is 1. The van der Waals surface area contributed by atoms with E-state index in [1.165, 1.54) is 32.0 Å². The van der Waals surface area contributed by atoms with Crippen molar-refractivity contribution in [2.45, 2.75) is 30.6 Å². The monoisotopic (exact) mass is 411 g/mol. The molecular formula is C16H24ClF2N3O3S. The van der Waals surface area contributed by atoms with Gasteiger partial charge in [-0.2, -0.15) is 0 Å². The summed E-state index contributed by atoms with van der Waals surface area (Å²) in [5, 5.41) is 1.84. The van der Waals surface area contributed by atoms with Crippen molar-refractivity contribution in [3.8, 4) is 0 Å². The molecule has 3 atom stereocenters. The van der Waals surface area contributed by atoms with E-state index in [0.29, 0.717) is 25.1 Å². The van der Waals surface area contributed by atoms with Gasteiger partial charge in [0.1, 0.15) is 0 Å². The van der Waals surface area contributed by atoms with Gasteiger partial charge >= 0.3 is 0 Å². The van der Waals surface area contributed by atoms with Crippen molar-refractivity contribution in [2.75, 3.05) is 27.2 Å². The number of nitrogens with one attached hydrogen (secondary N) is 2. The number of nitrogens with zero attached hydrogens (tertiary/aromatic N) is 1. The Hall–Kier alpha value is -1.29. The van der Waals surface area contributed by atoms with Gasteiger partial charge in [0.25, 0.3) is 0 Å². The summed E-state index contributed by atoms with van der Waals surface area (Å²) in [4.78, 5) is 13.2. The van der Waals surface area contributed by atoms with E-state index in [2.05, 4.69) is 10.0 Å². The minimum atomic E-state index is -3.91. The minimum absolute atomic E-state index is 0. The van der Waals surface area contributed by atoms with Crippen LogP contribution in [0, 0.1) is 11.6 Å². The van der Waals surface area contributed by atoms with Crippen LogP contribution < -0.4 is 10.0 Å². The summed E-state index contributed by atoms with van der Waals surface area (Å²) in [6, 6.07) is 3.04. The van der Waals surface area contributed by atoms with Crippen LogP contribution in [0.25, 0.3) is 0 Å². The van der Waals surface area contributed by atoms with Gasteiger partial charge in [0.2, 0.25) is 15.9 Å². The maximum absolute atomic E-state index is 13.5. The summed E-state index contributed by atoms with van der Waals surface area (Å²) in [6.07, 6.45) is 0.564. The number of carbonyl (C=O) groups is 1. The highest BCUT2D eigenvalue weighted by Crippen LogP contribution is 2.27. The Bertz CT molecular complexity index is 746. The molecule has 1 aliphatic heterocycles. The van der Waals surface area contributed by atoms with Gasteiger partial charge in [0.15, 0.2) is 16.9 Å². The zero-order valence-electron chi connectivity index (χ0n) is 14.8. The average molecular weight is 412 g/mol. The van der Waals surface area contributed by atoms with Crippen molar-refractivity contribution in [3.63, 3.8) is 0 Å². The number of piperidine rings is 1. The van der Waals surface area contributed by atoms with E-state index in [-0.39, 0.29) is 18.3 Å². The third-order valence-corrected chi connectivity index (χ3v) is 6.19. The Kier molecular flexibility index (Phi) is 7.94. The van der Waals surface area contributed by atoms with Crippen LogP contribution in [0.4, 0.5) is 8.78 Å². The van der Waals surface area contributed by atoms with E-state index in [1.807, 2.05) is 0 Å². The van der Waals surface area contributed by atoms with Crippen LogP contribution in [0.15, 0.2) is 18.2 Å². The van der Waals surface area contributed by atoms with Crippen LogP contribution in [0.5, 0.6) is 0 Å². The second-order valence-electron chi connectivity index (χ2n) is 6.42. The fourth-order valence-corrected chi connectivity index (χ4v) is 4.28. The highest BCUT2D eigenvalue weighted by atomic mass is 35.5. The molecule has 0 aliphatic carbocycles. The van der Waals surface area contributed by atoms with E-state index in [4.69, 9.17) is 0 Å². The molecule has 148 valence electrons. The van der Waals surface area contributed by atoms with Gasteiger partial charge < -0.3 is 10.2 Å². The van der Waals surface area contributed by atoms with Crippen LogP contribution in [0.1, 0.15) is 24.8 Å². The molecule has 0 bridgehead atoms. The Morgan fingerprint density at radius 1 is 1.31 bits per heavy atom. The Labute approximate surface area is 158 Å². The van der Waals surface area contributed by atoms with E-state index in [0.717, 1.165) is 12.1 Å². The second-order valence-corrected chi connectivity index (χ2v) is 8.45. The lowest BCUT2D eigenvalue weighted by atomic mass is 9.86. The Balaban J connectivity index is 0.00000338. The molecule has 1 amide bonds. The molecule has 1 aliphatic rings. The zero-order valence-corrected chi connectivity index (χ0v) is 16.5. The predicted molar refractivity (Wildman–Crippen MR) is 97.8 cm³/mol. The summed E-state index contributed by atoms with van der Waals surface area (Å²) >= 11 is 0. The molecule has 10 heteroatoms. The van der Waals surface area contributed by atoms with Crippen molar-refractivity contribution < 1.29 is 22.0 Å². The highest BCUT2D eigenvalue weighted by molar-refractivity contribution is 7.90. The fourth-order valence-electron chi connectivity index (χ4n) is 2.93. The molecule has 0 aromatic heterocycles. The molecule has 1 saturated heterocycles. The number of hydrogen-bond donors (Lipinski definition) is 2. The number of sulfonamides is 1. The van der Waals surface area contributed by atoms with Crippen molar-refractivity contribution in [1.82, 2.24) is 14.9 Å². The van der Waals surface area contributed by atoms with Gasteiger partial charge in [-0.1, -0.05) is 6.07 Å². The number of rotatable bonds is 5. The summed E-state index contributed by atoms with van der Waals surface area (Å²) in [7, 11) is -0.939. The van der Waals surface area contributed by atoms with E-state index in [9.17, 15) is 22.0 Å². The third-order valence-electron chi connectivity index (χ3n) is 4.42. The largest absolute Gasteiger partial charge is 0.348 e. The molecule has 1 aromatic carbocycles. The smallest absolute Gasteiger partial charge is 0.241 e. The van der Waals surface area contributed by atoms with Gasteiger partial charge in [0.05, 0.1) is 0 Å². The van der Waals surface area contributed by atoms with Gasteiger partial charge in [-0.25, -0.2) is 21.9 Å². The lowest BCUT2D eigenvalue weighted by molar-refractivity contribution is -0.127. The Morgan fingerprint density at radius 3 is 2.54 bits per heavy atom. The molecule has 6 nitrogen and oxygen atoms in total. The van der Waals surface area contributed by atoms with E-state index in [1.54, 1.807) is 0 Å². The highest BCUT2D eigenvalue weighted by Gasteiger charge is 2.35. The second kappa shape index (κ2) is 9.07. The average Bonchev–Trinajstić information content (AvgIpc) is 2.56. The van der Waals surface area contributed by atoms with Gasteiger partial charge in [-0.05, 0) is 37.6 Å². The zero-order chi connectivity index (χ0) is 18.8. The first-order valence-electron chi connectivity index (χ1n) is 8.01. The van der Waals surface area contributed by atoms with Crippen LogP contribution >= 0.6 is 12.4 Å². The number of carbonyl (C=O) groups excluding carboxylic acids is 1. The number of halogens is 3. The lowest BCUT2D eigenvalue weighted by Crippen LogP contribution is -2.53.